The van der Waals surface area contributed by atoms with E-state index >= 15 is 0 Å². The van der Waals surface area contributed by atoms with Gasteiger partial charge in [-0.05, 0) is 22.3 Å². The van der Waals surface area contributed by atoms with E-state index in [9.17, 15) is 9.59 Å². The van der Waals surface area contributed by atoms with Gasteiger partial charge in [-0.25, -0.2) is 0 Å². The summed E-state index contributed by atoms with van der Waals surface area (Å²) in [7, 11) is 0. The second kappa shape index (κ2) is 4.94. The first-order valence-corrected chi connectivity index (χ1v) is 8.47. The number of hydrogen-bond acceptors (Lipinski definition) is 2. The predicted octanol–water partition coefficient (Wildman–Crippen LogP) is 1.91. The molecule has 3 aliphatic heterocycles. The Labute approximate surface area is 140 Å². The number of rotatable bonds is 0. The minimum atomic E-state index is -0.339. The highest BCUT2D eigenvalue weighted by atomic mass is 16.2. The van der Waals surface area contributed by atoms with Gasteiger partial charge in [0.05, 0.1) is 0 Å². The molecule has 0 N–H and O–H groups in total. The molecule has 1 fully saturated rings. The van der Waals surface area contributed by atoms with Crippen molar-refractivity contribution >= 4 is 11.8 Å². The summed E-state index contributed by atoms with van der Waals surface area (Å²) in [5.74, 6) is 0.201. The van der Waals surface area contributed by atoms with Gasteiger partial charge in [0.15, 0.2) is 0 Å². The van der Waals surface area contributed by atoms with Gasteiger partial charge >= 0.3 is 0 Å². The average Bonchev–Trinajstić information content (AvgIpc) is 2.64. The van der Waals surface area contributed by atoms with E-state index in [1.54, 1.807) is 9.80 Å². The zero-order valence-corrected chi connectivity index (χ0v) is 13.3. The molecule has 2 atom stereocenters. The molecule has 0 aliphatic carbocycles. The van der Waals surface area contributed by atoms with Crippen molar-refractivity contribution in [2.75, 3.05) is 0 Å². The number of carbonyl (C=O) groups excluding carboxylic acids is 2. The zero-order chi connectivity index (χ0) is 16.3. The summed E-state index contributed by atoms with van der Waals surface area (Å²) in [5.41, 5.74) is 4.71. The Morgan fingerprint density at radius 3 is 1.42 bits per heavy atom. The molecule has 0 radical (unpaired) electrons. The average molecular weight is 318 g/mol. The van der Waals surface area contributed by atoms with Crippen LogP contribution in [0.15, 0.2) is 48.5 Å². The predicted molar refractivity (Wildman–Crippen MR) is 89.0 cm³/mol. The minimum absolute atomic E-state index is 0.101. The van der Waals surface area contributed by atoms with Gasteiger partial charge in [-0.15, -0.1) is 0 Å². The van der Waals surface area contributed by atoms with Crippen molar-refractivity contribution in [2.45, 2.75) is 38.0 Å². The highest BCUT2D eigenvalue weighted by Crippen LogP contribution is 2.34. The van der Waals surface area contributed by atoms with Crippen molar-refractivity contribution in [1.82, 2.24) is 9.80 Å². The molecule has 3 aliphatic rings. The Morgan fingerprint density at radius 1 is 0.625 bits per heavy atom. The van der Waals surface area contributed by atoms with E-state index in [1.807, 2.05) is 24.3 Å². The van der Waals surface area contributed by atoms with Crippen LogP contribution in [0.1, 0.15) is 22.3 Å². The second-order valence-electron chi connectivity index (χ2n) is 6.91. The molecule has 1 saturated heterocycles. The molecule has 3 heterocycles. The quantitative estimate of drug-likeness (QED) is 0.744. The van der Waals surface area contributed by atoms with Crippen LogP contribution in [0, 0.1) is 0 Å². The minimum Gasteiger partial charge on any atom is -0.324 e. The molecule has 2 aromatic rings. The Morgan fingerprint density at radius 2 is 1.00 bits per heavy atom. The summed E-state index contributed by atoms with van der Waals surface area (Å²) in [6, 6.07) is 15.6. The highest BCUT2D eigenvalue weighted by Gasteiger charge is 2.48. The lowest BCUT2D eigenvalue weighted by atomic mass is 9.85. The summed E-state index contributed by atoms with van der Waals surface area (Å²) < 4.78 is 0. The van der Waals surface area contributed by atoms with E-state index in [0.29, 0.717) is 25.9 Å². The van der Waals surface area contributed by atoms with Crippen LogP contribution < -0.4 is 0 Å². The molecule has 0 saturated carbocycles. The van der Waals surface area contributed by atoms with Crippen LogP contribution in [-0.4, -0.2) is 33.7 Å². The number of hydrogen-bond donors (Lipinski definition) is 0. The van der Waals surface area contributed by atoms with Gasteiger partial charge < -0.3 is 9.80 Å². The maximum absolute atomic E-state index is 13.1. The maximum atomic E-state index is 13.1. The fourth-order valence-electron chi connectivity index (χ4n) is 4.33. The van der Waals surface area contributed by atoms with E-state index in [4.69, 9.17) is 0 Å². The largest absolute Gasteiger partial charge is 0.324 e. The van der Waals surface area contributed by atoms with Crippen molar-refractivity contribution in [3.63, 3.8) is 0 Å². The van der Waals surface area contributed by atoms with Crippen LogP contribution in [-0.2, 0) is 35.5 Å². The molecule has 5 rings (SSSR count). The Kier molecular flexibility index (Phi) is 2.84. The molecule has 4 heteroatoms. The Balaban J connectivity index is 1.54. The summed E-state index contributed by atoms with van der Waals surface area (Å²) >= 11 is 0. The first kappa shape index (κ1) is 13.8. The van der Waals surface area contributed by atoms with E-state index in [1.165, 1.54) is 22.3 Å². The van der Waals surface area contributed by atoms with Crippen LogP contribution >= 0.6 is 0 Å². The van der Waals surface area contributed by atoms with Crippen LogP contribution in [0.4, 0.5) is 0 Å². The summed E-state index contributed by atoms with van der Waals surface area (Å²) in [5, 5.41) is 0. The van der Waals surface area contributed by atoms with E-state index in [2.05, 4.69) is 24.3 Å². The van der Waals surface area contributed by atoms with Crippen LogP contribution in [0.2, 0.25) is 0 Å². The summed E-state index contributed by atoms with van der Waals surface area (Å²) in [6.07, 6.45) is 1.26. The van der Waals surface area contributed by atoms with Crippen molar-refractivity contribution in [3.8, 4) is 0 Å². The second-order valence-corrected chi connectivity index (χ2v) is 6.91. The van der Waals surface area contributed by atoms with Crippen LogP contribution in [0.25, 0.3) is 0 Å². The fourth-order valence-corrected chi connectivity index (χ4v) is 4.33. The topological polar surface area (TPSA) is 40.6 Å². The molecule has 0 unspecified atom stereocenters. The summed E-state index contributed by atoms with van der Waals surface area (Å²) in [6.45, 7) is 1.11. The smallest absolute Gasteiger partial charge is 0.246 e. The first-order chi connectivity index (χ1) is 11.7. The number of amides is 2. The van der Waals surface area contributed by atoms with Crippen molar-refractivity contribution in [2.24, 2.45) is 0 Å². The van der Waals surface area contributed by atoms with Gasteiger partial charge in [-0.2, -0.15) is 0 Å². The third kappa shape index (κ3) is 1.86. The Bertz CT molecular complexity index is 723. The van der Waals surface area contributed by atoms with Gasteiger partial charge in [-0.1, -0.05) is 48.5 Å². The normalized spacial score (nSPS) is 24.8. The van der Waals surface area contributed by atoms with Crippen molar-refractivity contribution in [1.29, 1.82) is 0 Å². The van der Waals surface area contributed by atoms with Gasteiger partial charge in [0, 0.05) is 25.9 Å². The molecule has 120 valence electrons. The number of nitrogens with zero attached hydrogens (tertiary/aromatic N) is 2. The Hall–Kier alpha value is -2.62. The molecular weight excluding hydrogens is 300 g/mol. The molecule has 0 spiro atoms. The fraction of sp³-hybridized carbons (Fsp3) is 0.300. The third-order valence-corrected chi connectivity index (χ3v) is 5.63. The lowest BCUT2D eigenvalue weighted by molar-refractivity contribution is -0.164. The molecular formula is C20H18N2O2. The van der Waals surface area contributed by atoms with E-state index in [0.717, 1.165) is 0 Å². The van der Waals surface area contributed by atoms with Gasteiger partial charge in [0.25, 0.3) is 0 Å². The van der Waals surface area contributed by atoms with Gasteiger partial charge in [0.2, 0.25) is 11.8 Å². The first-order valence-electron chi connectivity index (χ1n) is 8.47. The maximum Gasteiger partial charge on any atom is 0.246 e. The number of carbonyl (C=O) groups is 2. The van der Waals surface area contributed by atoms with Gasteiger partial charge in [0.1, 0.15) is 12.1 Å². The molecule has 4 nitrogen and oxygen atoms in total. The molecule has 0 aromatic heterocycles. The number of fused-ring (bicyclic) bond motifs is 4. The standard InChI is InChI=1S/C20H18N2O2/c23-19-17-9-13-5-1-3-7-15(13)11-21(17)20(24)18-10-14-6-2-4-8-16(14)12-22(18)19/h1-8,17-18H,9-12H2/t17-,18-/m1/s1. The van der Waals surface area contributed by atoms with Crippen molar-refractivity contribution in [3.05, 3.63) is 70.8 Å². The zero-order valence-electron chi connectivity index (χ0n) is 13.3. The van der Waals surface area contributed by atoms with E-state index < -0.39 is 0 Å². The lowest BCUT2D eigenvalue weighted by Gasteiger charge is -2.49. The molecule has 0 bridgehead atoms. The number of benzene rings is 2. The van der Waals surface area contributed by atoms with E-state index in [-0.39, 0.29) is 23.9 Å². The summed E-state index contributed by atoms with van der Waals surface area (Å²) in [4.78, 5) is 29.8. The highest BCUT2D eigenvalue weighted by molar-refractivity contribution is 5.98. The monoisotopic (exact) mass is 318 g/mol. The SMILES string of the molecule is O=C1[C@H]2Cc3ccccc3CN2C(=O)[C@H]2Cc3ccccc3CN12. The van der Waals surface area contributed by atoms with Gasteiger partial charge in [-0.3, -0.25) is 9.59 Å². The van der Waals surface area contributed by atoms with Crippen LogP contribution in [0.3, 0.4) is 0 Å². The molecule has 2 amide bonds. The molecule has 2 aromatic carbocycles. The lowest BCUT2D eigenvalue weighted by Crippen LogP contribution is -2.67. The number of piperazine rings is 1. The third-order valence-electron chi connectivity index (χ3n) is 5.63. The molecule has 24 heavy (non-hydrogen) atoms. The van der Waals surface area contributed by atoms with Crippen LogP contribution in [0.5, 0.6) is 0 Å². The van der Waals surface area contributed by atoms with Crippen molar-refractivity contribution < 1.29 is 9.59 Å².